The van der Waals surface area contributed by atoms with Crippen LogP contribution in [0, 0.1) is 11.8 Å². The number of aliphatic hydroxyl groups excluding tert-OH is 1. The predicted octanol–water partition coefficient (Wildman–Crippen LogP) is 9.03. The summed E-state index contributed by atoms with van der Waals surface area (Å²) >= 11 is 0. The van der Waals surface area contributed by atoms with E-state index in [-0.39, 0.29) is 64.7 Å². The summed E-state index contributed by atoms with van der Waals surface area (Å²) in [6, 6.07) is 35.0. The van der Waals surface area contributed by atoms with Gasteiger partial charge in [-0.05, 0) is 127 Å². The first-order valence-corrected chi connectivity index (χ1v) is 19.7. The number of aliphatic hydroxyl groups is 1. The lowest BCUT2D eigenvalue weighted by Crippen LogP contribution is -2.27. The second-order valence-electron chi connectivity index (χ2n) is 15.2. The van der Waals surface area contributed by atoms with Crippen LogP contribution in [0.5, 0.6) is 23.0 Å². The third kappa shape index (κ3) is 7.81. The first-order valence-electron chi connectivity index (χ1n) is 19.7. The number of esters is 4. The molecule has 6 aromatic carbocycles. The fourth-order valence-electron chi connectivity index (χ4n) is 8.15. The zero-order valence-electron chi connectivity index (χ0n) is 31.5. The highest BCUT2D eigenvalue weighted by atomic mass is 16.6. The first kappa shape index (κ1) is 37.2. The molecule has 0 radical (unpaired) electrons. The number of fused-ring (bicyclic) bond motifs is 3. The smallest absolute Gasteiger partial charge is 0.343 e. The van der Waals surface area contributed by atoms with Crippen LogP contribution >= 0.6 is 0 Å². The Labute approximate surface area is 334 Å². The lowest BCUT2D eigenvalue weighted by Gasteiger charge is -2.23. The Bertz CT molecular complexity index is 2540. The lowest BCUT2D eigenvalue weighted by atomic mass is 9.87. The fourth-order valence-corrected chi connectivity index (χ4v) is 8.15. The van der Waals surface area contributed by atoms with Crippen molar-refractivity contribution in [1.82, 2.24) is 0 Å². The number of rotatable bonds is 9. The number of hydrogen-bond acceptors (Lipinski definition) is 10. The molecule has 292 valence electrons. The first-order chi connectivity index (χ1) is 28.3. The van der Waals surface area contributed by atoms with Crippen molar-refractivity contribution in [2.24, 2.45) is 11.8 Å². The van der Waals surface area contributed by atoms with Gasteiger partial charge in [0.2, 0.25) is 0 Å². The summed E-state index contributed by atoms with van der Waals surface area (Å²) in [5.41, 5.74) is 1.61. The summed E-state index contributed by atoms with van der Waals surface area (Å²) in [6.45, 7) is 0. The van der Waals surface area contributed by atoms with E-state index in [0.29, 0.717) is 54.7 Å². The standard InChI is InChI=1S/C48H40O10/c49-34-18-9-30(10-19-34)45(50)54-35-20-11-31(12-21-35)46(51)57-40-25-15-28-5-1-3-7-37(28)43(40)44-38-8-4-2-6-29(38)16-26-41(44)58-47(52)32-13-22-36(23-14-32)55-48(53)33-17-24-39-42(27-33)56-39/h1-8,11-16,20-23,25-26,30,33-34,39,42,49H,9-10,17-19,24,27H2. The minimum Gasteiger partial charge on any atom is -0.426 e. The summed E-state index contributed by atoms with van der Waals surface area (Å²) in [7, 11) is 0. The molecule has 0 bridgehead atoms. The molecule has 1 saturated heterocycles. The average Bonchev–Trinajstić information content (AvgIpc) is 4.04. The van der Waals surface area contributed by atoms with Crippen LogP contribution in [0.3, 0.4) is 0 Å². The Hall–Kier alpha value is -6.36. The third-order valence-corrected chi connectivity index (χ3v) is 11.4. The van der Waals surface area contributed by atoms with Crippen LogP contribution in [0.2, 0.25) is 0 Å². The zero-order chi connectivity index (χ0) is 39.8. The molecule has 3 fully saturated rings. The van der Waals surface area contributed by atoms with Crippen molar-refractivity contribution in [3.63, 3.8) is 0 Å². The van der Waals surface area contributed by atoms with Crippen LogP contribution in [0.25, 0.3) is 32.7 Å². The highest BCUT2D eigenvalue weighted by molar-refractivity contribution is 6.11. The predicted molar refractivity (Wildman–Crippen MR) is 215 cm³/mol. The van der Waals surface area contributed by atoms with Gasteiger partial charge in [-0.2, -0.15) is 0 Å². The largest absolute Gasteiger partial charge is 0.426 e. The minimum atomic E-state index is -0.635. The van der Waals surface area contributed by atoms with Gasteiger partial charge in [0.25, 0.3) is 0 Å². The Morgan fingerprint density at radius 3 is 1.45 bits per heavy atom. The topological polar surface area (TPSA) is 138 Å². The van der Waals surface area contributed by atoms with E-state index < -0.39 is 11.9 Å². The van der Waals surface area contributed by atoms with Crippen molar-refractivity contribution in [3.8, 4) is 34.1 Å². The molecule has 0 aromatic heterocycles. The van der Waals surface area contributed by atoms with E-state index in [1.165, 1.54) is 0 Å². The van der Waals surface area contributed by atoms with E-state index in [1.54, 1.807) is 60.7 Å². The molecular weight excluding hydrogens is 737 g/mol. The average molecular weight is 777 g/mol. The van der Waals surface area contributed by atoms with Crippen LogP contribution in [-0.4, -0.2) is 47.3 Å². The molecule has 6 aromatic rings. The summed E-state index contributed by atoms with van der Waals surface area (Å²) in [4.78, 5) is 53.1. The molecule has 3 atom stereocenters. The van der Waals surface area contributed by atoms with Gasteiger partial charge < -0.3 is 28.8 Å². The van der Waals surface area contributed by atoms with Crippen molar-refractivity contribution in [2.45, 2.75) is 63.3 Å². The lowest BCUT2D eigenvalue weighted by molar-refractivity contribution is -0.141. The molecule has 2 aliphatic carbocycles. The molecule has 10 heteroatoms. The fraction of sp³-hybridized carbons (Fsp3) is 0.250. The Balaban J connectivity index is 0.986. The second-order valence-corrected chi connectivity index (χ2v) is 15.2. The van der Waals surface area contributed by atoms with Gasteiger partial charge in [0.15, 0.2) is 0 Å². The van der Waals surface area contributed by atoms with Crippen molar-refractivity contribution < 1.29 is 48.0 Å². The van der Waals surface area contributed by atoms with Gasteiger partial charge in [-0.15, -0.1) is 0 Å². The molecule has 1 N–H and O–H groups in total. The molecule has 0 spiro atoms. The summed E-state index contributed by atoms with van der Waals surface area (Å²) in [6.07, 6.45) is 4.59. The van der Waals surface area contributed by atoms with E-state index in [2.05, 4.69) is 0 Å². The normalized spacial score (nSPS) is 21.1. The van der Waals surface area contributed by atoms with Crippen molar-refractivity contribution in [3.05, 3.63) is 132 Å². The number of hydrogen-bond donors (Lipinski definition) is 1. The monoisotopic (exact) mass is 776 g/mol. The Morgan fingerprint density at radius 1 is 0.483 bits per heavy atom. The van der Waals surface area contributed by atoms with Crippen LogP contribution in [0.15, 0.2) is 121 Å². The molecule has 9 rings (SSSR count). The molecule has 1 aliphatic heterocycles. The van der Waals surface area contributed by atoms with Gasteiger partial charge in [-0.3, -0.25) is 9.59 Å². The van der Waals surface area contributed by atoms with E-state index in [1.807, 2.05) is 60.7 Å². The SMILES string of the molecule is O=C(Oc1ccc2ccccc2c1-c1c(OC(=O)c2ccc(OC(=O)C3CCC4OC4C3)cc2)ccc2ccccc12)c1ccc(OC(=O)C2CCC(O)CC2)cc1. The quantitative estimate of drug-likeness (QED) is 0.0860. The number of ether oxygens (including phenoxy) is 5. The minimum absolute atomic E-state index is 0.154. The van der Waals surface area contributed by atoms with E-state index >= 15 is 0 Å². The van der Waals surface area contributed by atoms with Gasteiger partial charge in [-0.25, -0.2) is 9.59 Å². The number of carbonyl (C=O) groups is 4. The van der Waals surface area contributed by atoms with Crippen LogP contribution in [0.4, 0.5) is 0 Å². The Kier molecular flexibility index (Phi) is 10.2. The van der Waals surface area contributed by atoms with Gasteiger partial charge in [0.1, 0.15) is 23.0 Å². The van der Waals surface area contributed by atoms with Crippen molar-refractivity contribution in [2.75, 3.05) is 0 Å². The van der Waals surface area contributed by atoms with Gasteiger partial charge in [0, 0.05) is 11.1 Å². The summed E-state index contributed by atoms with van der Waals surface area (Å²) < 4.78 is 29.1. The van der Waals surface area contributed by atoms with Gasteiger partial charge in [-0.1, -0.05) is 60.7 Å². The number of epoxide rings is 1. The summed E-state index contributed by atoms with van der Waals surface area (Å²) in [5, 5.41) is 13.1. The molecule has 58 heavy (non-hydrogen) atoms. The third-order valence-electron chi connectivity index (χ3n) is 11.4. The molecule has 3 aliphatic rings. The van der Waals surface area contributed by atoms with Gasteiger partial charge in [0.05, 0.1) is 41.3 Å². The molecule has 2 saturated carbocycles. The van der Waals surface area contributed by atoms with E-state index in [0.717, 1.165) is 34.4 Å². The van der Waals surface area contributed by atoms with Crippen LogP contribution in [0.1, 0.15) is 65.7 Å². The maximum Gasteiger partial charge on any atom is 0.343 e. The number of carbonyl (C=O) groups excluding carboxylic acids is 4. The molecule has 0 amide bonds. The van der Waals surface area contributed by atoms with Crippen LogP contribution < -0.4 is 18.9 Å². The maximum atomic E-state index is 13.8. The highest BCUT2D eigenvalue weighted by Crippen LogP contribution is 2.46. The molecule has 3 unspecified atom stereocenters. The van der Waals surface area contributed by atoms with Crippen LogP contribution in [-0.2, 0) is 14.3 Å². The zero-order valence-corrected chi connectivity index (χ0v) is 31.5. The summed E-state index contributed by atoms with van der Waals surface area (Å²) in [5.74, 6) is -1.25. The second kappa shape index (κ2) is 15.9. The number of benzene rings is 6. The van der Waals surface area contributed by atoms with Crippen molar-refractivity contribution in [1.29, 1.82) is 0 Å². The highest BCUT2D eigenvalue weighted by Gasteiger charge is 2.46. The van der Waals surface area contributed by atoms with E-state index in [4.69, 9.17) is 23.7 Å². The molecule has 10 nitrogen and oxygen atoms in total. The van der Waals surface area contributed by atoms with Gasteiger partial charge >= 0.3 is 23.9 Å². The van der Waals surface area contributed by atoms with E-state index in [9.17, 15) is 24.3 Å². The Morgan fingerprint density at radius 2 is 0.948 bits per heavy atom. The maximum absolute atomic E-state index is 13.8. The van der Waals surface area contributed by atoms with Crippen molar-refractivity contribution >= 4 is 45.4 Å². The molecule has 1 heterocycles. The molecular formula is C48H40O10.